The molecule has 0 fully saturated rings. The van der Waals surface area contributed by atoms with E-state index in [1.165, 1.54) is 7.11 Å². The number of ether oxygens (including phenoxy) is 1. The first-order chi connectivity index (χ1) is 10.4. The largest absolute Gasteiger partial charge is 0.467 e. The minimum absolute atomic E-state index is 0.182. The number of esters is 1. The van der Waals surface area contributed by atoms with E-state index in [4.69, 9.17) is 10.5 Å². The highest BCUT2D eigenvalue weighted by molar-refractivity contribution is 5.88. The van der Waals surface area contributed by atoms with Gasteiger partial charge in [-0.3, -0.25) is 4.79 Å². The predicted octanol–water partition coefficient (Wildman–Crippen LogP) is 1.49. The maximum atomic E-state index is 12.7. The van der Waals surface area contributed by atoms with Crippen molar-refractivity contribution in [2.45, 2.75) is 45.3 Å². The zero-order valence-corrected chi connectivity index (χ0v) is 13.4. The van der Waals surface area contributed by atoms with Gasteiger partial charge in [-0.2, -0.15) is 0 Å². The van der Waals surface area contributed by atoms with Gasteiger partial charge in [0, 0.05) is 13.0 Å². The van der Waals surface area contributed by atoms with E-state index in [1.54, 1.807) is 4.90 Å². The molecule has 1 aromatic carbocycles. The fraction of sp³-hybridized carbons (Fsp3) is 0.529. The summed E-state index contributed by atoms with van der Waals surface area (Å²) in [5.41, 5.74) is 8.17. The Balaban J connectivity index is 2.26. The minimum atomic E-state index is -0.592. The molecule has 0 aliphatic carbocycles. The Kier molecular flexibility index (Phi) is 5.19. The number of nitrogens with two attached hydrogens (primary N) is 1. The lowest BCUT2D eigenvalue weighted by Gasteiger charge is -2.36. The molecule has 2 N–H and O–H groups in total. The highest BCUT2D eigenvalue weighted by Crippen LogP contribution is 2.25. The summed E-state index contributed by atoms with van der Waals surface area (Å²) in [6.07, 6.45) is 1.08. The number of rotatable bonds is 4. The number of amides is 1. The Labute approximate surface area is 131 Å². The van der Waals surface area contributed by atoms with Crippen LogP contribution < -0.4 is 5.73 Å². The van der Waals surface area contributed by atoms with Gasteiger partial charge in [0.15, 0.2) is 0 Å². The monoisotopic (exact) mass is 304 g/mol. The number of hydrogen-bond acceptors (Lipinski definition) is 4. The first-order valence-corrected chi connectivity index (χ1v) is 7.64. The van der Waals surface area contributed by atoms with Crippen molar-refractivity contribution >= 4 is 11.9 Å². The van der Waals surface area contributed by atoms with Crippen molar-refractivity contribution < 1.29 is 14.3 Å². The molecule has 1 aliphatic rings. The van der Waals surface area contributed by atoms with Crippen molar-refractivity contribution in [2.24, 2.45) is 11.7 Å². The summed E-state index contributed by atoms with van der Waals surface area (Å²) in [5, 5.41) is 0. The van der Waals surface area contributed by atoms with E-state index in [0.29, 0.717) is 25.3 Å². The zero-order chi connectivity index (χ0) is 16.3. The van der Waals surface area contributed by atoms with Gasteiger partial charge in [0.2, 0.25) is 5.91 Å². The maximum absolute atomic E-state index is 12.7. The molecule has 5 nitrogen and oxygen atoms in total. The number of hydrogen-bond donors (Lipinski definition) is 1. The average Bonchev–Trinajstić information content (AvgIpc) is 2.51. The van der Waals surface area contributed by atoms with Crippen molar-refractivity contribution in [3.63, 3.8) is 0 Å². The standard InChI is InChI=1S/C17H24N2O3/c1-11(2)8-14(18)16(20)19-10-13-7-5-4-6-12(13)9-15(19)17(21)22-3/h4-7,11,14-15H,8-10,18H2,1-3H3/t14-,15-/m0/s1. The number of carbonyl (C=O) groups excluding carboxylic acids is 2. The molecule has 0 saturated carbocycles. The van der Waals surface area contributed by atoms with Gasteiger partial charge >= 0.3 is 5.97 Å². The maximum Gasteiger partial charge on any atom is 0.328 e. The van der Waals surface area contributed by atoms with E-state index in [0.717, 1.165) is 11.1 Å². The first-order valence-electron chi connectivity index (χ1n) is 7.64. The van der Waals surface area contributed by atoms with Gasteiger partial charge in [0.1, 0.15) is 6.04 Å². The van der Waals surface area contributed by atoms with Gasteiger partial charge in [-0.05, 0) is 23.5 Å². The molecule has 1 heterocycles. The number of carbonyl (C=O) groups is 2. The van der Waals surface area contributed by atoms with Crippen LogP contribution in [-0.2, 0) is 27.3 Å². The lowest BCUT2D eigenvalue weighted by atomic mass is 9.92. The van der Waals surface area contributed by atoms with E-state index >= 15 is 0 Å². The predicted molar refractivity (Wildman–Crippen MR) is 83.9 cm³/mol. The second kappa shape index (κ2) is 6.92. The van der Waals surface area contributed by atoms with Crippen LogP contribution in [0.4, 0.5) is 0 Å². The Bertz CT molecular complexity index is 557. The fourth-order valence-electron chi connectivity index (χ4n) is 2.92. The van der Waals surface area contributed by atoms with Gasteiger partial charge in [0.05, 0.1) is 13.2 Å². The molecule has 0 unspecified atom stereocenters. The number of methoxy groups -OCH3 is 1. The normalized spacial score (nSPS) is 18.8. The second-order valence-electron chi connectivity index (χ2n) is 6.21. The molecule has 2 rings (SSSR count). The lowest BCUT2D eigenvalue weighted by molar-refractivity contribution is -0.154. The van der Waals surface area contributed by atoms with Crippen molar-refractivity contribution in [3.05, 3.63) is 35.4 Å². The summed E-state index contributed by atoms with van der Waals surface area (Å²) in [4.78, 5) is 26.3. The molecule has 1 amide bonds. The summed E-state index contributed by atoms with van der Waals surface area (Å²) in [6.45, 7) is 4.45. The van der Waals surface area contributed by atoms with E-state index in [1.807, 2.05) is 38.1 Å². The van der Waals surface area contributed by atoms with E-state index in [2.05, 4.69) is 0 Å². The van der Waals surface area contributed by atoms with Gasteiger partial charge in [-0.15, -0.1) is 0 Å². The molecule has 0 spiro atoms. The molecule has 0 saturated heterocycles. The van der Waals surface area contributed by atoms with E-state index in [-0.39, 0.29) is 11.9 Å². The molecular formula is C17H24N2O3. The zero-order valence-electron chi connectivity index (χ0n) is 13.4. The third-order valence-corrected chi connectivity index (χ3v) is 4.05. The summed E-state index contributed by atoms with van der Waals surface area (Å²) < 4.78 is 4.87. The molecule has 0 aromatic heterocycles. The molecule has 1 aliphatic heterocycles. The Morgan fingerprint density at radius 1 is 1.32 bits per heavy atom. The van der Waals surface area contributed by atoms with Crippen LogP contribution in [0.2, 0.25) is 0 Å². The Morgan fingerprint density at radius 2 is 1.95 bits per heavy atom. The van der Waals surface area contributed by atoms with Crippen LogP contribution in [0.25, 0.3) is 0 Å². The van der Waals surface area contributed by atoms with E-state index in [9.17, 15) is 9.59 Å². The fourth-order valence-corrected chi connectivity index (χ4v) is 2.92. The van der Waals surface area contributed by atoms with Crippen LogP contribution in [0.1, 0.15) is 31.4 Å². The van der Waals surface area contributed by atoms with Crippen LogP contribution in [0.3, 0.4) is 0 Å². The molecule has 5 heteroatoms. The van der Waals surface area contributed by atoms with Crippen LogP contribution in [0.5, 0.6) is 0 Å². The lowest BCUT2D eigenvalue weighted by Crippen LogP contribution is -2.54. The second-order valence-corrected chi connectivity index (χ2v) is 6.21. The minimum Gasteiger partial charge on any atom is -0.467 e. The number of fused-ring (bicyclic) bond motifs is 1. The molecule has 0 bridgehead atoms. The molecule has 120 valence electrons. The molecule has 22 heavy (non-hydrogen) atoms. The van der Waals surface area contributed by atoms with Crippen LogP contribution >= 0.6 is 0 Å². The van der Waals surface area contributed by atoms with E-state index < -0.39 is 12.1 Å². The molecule has 1 aromatic rings. The van der Waals surface area contributed by atoms with Gasteiger partial charge in [-0.25, -0.2) is 4.79 Å². The van der Waals surface area contributed by atoms with Gasteiger partial charge in [-0.1, -0.05) is 38.1 Å². The third-order valence-electron chi connectivity index (χ3n) is 4.05. The van der Waals surface area contributed by atoms with Crippen LogP contribution in [0, 0.1) is 5.92 Å². The average molecular weight is 304 g/mol. The number of nitrogens with zero attached hydrogens (tertiary/aromatic N) is 1. The summed E-state index contributed by atoms with van der Waals surface area (Å²) in [5.74, 6) is -0.245. The quantitative estimate of drug-likeness (QED) is 0.855. The van der Waals surface area contributed by atoms with Crippen LogP contribution in [0.15, 0.2) is 24.3 Å². The van der Waals surface area contributed by atoms with Gasteiger partial charge < -0.3 is 15.4 Å². The van der Waals surface area contributed by atoms with Gasteiger partial charge in [0.25, 0.3) is 0 Å². The highest BCUT2D eigenvalue weighted by Gasteiger charge is 2.37. The van der Waals surface area contributed by atoms with Crippen LogP contribution in [-0.4, -0.2) is 36.0 Å². The van der Waals surface area contributed by atoms with Crippen molar-refractivity contribution in [1.82, 2.24) is 4.90 Å². The summed E-state index contributed by atoms with van der Waals surface area (Å²) in [6, 6.07) is 6.67. The smallest absolute Gasteiger partial charge is 0.328 e. The van der Waals surface area contributed by atoms with Crippen molar-refractivity contribution in [1.29, 1.82) is 0 Å². The topological polar surface area (TPSA) is 72.6 Å². The molecule has 2 atom stereocenters. The third kappa shape index (κ3) is 3.47. The highest BCUT2D eigenvalue weighted by atomic mass is 16.5. The molecule has 0 radical (unpaired) electrons. The van der Waals surface area contributed by atoms with Crippen molar-refractivity contribution in [2.75, 3.05) is 7.11 Å². The SMILES string of the molecule is COC(=O)[C@@H]1Cc2ccccc2CN1C(=O)[C@@H](N)CC(C)C. The Hall–Kier alpha value is -1.88. The first kappa shape index (κ1) is 16.5. The van der Waals surface area contributed by atoms with Crippen molar-refractivity contribution in [3.8, 4) is 0 Å². The number of benzene rings is 1. The molecular weight excluding hydrogens is 280 g/mol. The summed E-state index contributed by atoms with van der Waals surface area (Å²) >= 11 is 0. The summed E-state index contributed by atoms with van der Waals surface area (Å²) in [7, 11) is 1.35. The Morgan fingerprint density at radius 3 is 2.55 bits per heavy atom.